The van der Waals surface area contributed by atoms with Crippen LogP contribution in [0.5, 0.6) is 11.5 Å². The molecule has 4 rings (SSSR count). The van der Waals surface area contributed by atoms with Crippen LogP contribution >= 0.6 is 11.8 Å². The smallest absolute Gasteiger partial charge is 0.166 e. The maximum absolute atomic E-state index is 5.97. The number of thioether (sulfide) groups is 1. The minimum Gasteiger partial charge on any atom is -0.497 e. The van der Waals surface area contributed by atoms with E-state index < -0.39 is 0 Å². The molecule has 0 aliphatic carbocycles. The molecule has 0 spiro atoms. The summed E-state index contributed by atoms with van der Waals surface area (Å²) in [6.07, 6.45) is 1.91. The van der Waals surface area contributed by atoms with Crippen LogP contribution in [0.25, 0.3) is 11.0 Å². The summed E-state index contributed by atoms with van der Waals surface area (Å²) in [6.45, 7) is 4.17. The fraction of sp³-hybridized carbons (Fsp3) is 0.368. The van der Waals surface area contributed by atoms with Gasteiger partial charge in [-0.3, -0.25) is 4.98 Å². The molecule has 0 saturated carbocycles. The lowest BCUT2D eigenvalue weighted by molar-refractivity contribution is -0.0572. The van der Waals surface area contributed by atoms with Gasteiger partial charge in [-0.15, -0.1) is 5.06 Å². The molecule has 7 nitrogen and oxygen atoms in total. The van der Waals surface area contributed by atoms with Crippen LogP contribution in [0.4, 0.5) is 0 Å². The number of hydrogen-bond acceptors (Lipinski definition) is 7. The third-order valence-electron chi connectivity index (χ3n) is 4.57. The first-order chi connectivity index (χ1) is 13.2. The number of ether oxygens (including phenoxy) is 2. The van der Waals surface area contributed by atoms with Gasteiger partial charge in [0.05, 0.1) is 43.5 Å². The zero-order chi connectivity index (χ0) is 18.8. The molecular formula is C19H22N4O3S. The fourth-order valence-corrected chi connectivity index (χ4v) is 3.94. The van der Waals surface area contributed by atoms with E-state index in [1.807, 2.05) is 29.5 Å². The Bertz CT molecular complexity index is 960. The van der Waals surface area contributed by atoms with Crippen molar-refractivity contribution in [3.05, 3.63) is 41.2 Å². The first kappa shape index (κ1) is 18.1. The molecule has 8 heteroatoms. The monoisotopic (exact) mass is 386 g/mol. The van der Waals surface area contributed by atoms with E-state index in [0.717, 1.165) is 63.4 Å². The number of rotatable bonds is 7. The Morgan fingerprint density at radius 1 is 1.33 bits per heavy atom. The zero-order valence-corrected chi connectivity index (χ0v) is 16.4. The highest BCUT2D eigenvalue weighted by Gasteiger charge is 2.24. The maximum atomic E-state index is 5.97. The highest BCUT2D eigenvalue weighted by atomic mass is 32.2. The first-order valence-electron chi connectivity index (χ1n) is 8.73. The van der Waals surface area contributed by atoms with Crippen molar-refractivity contribution in [2.45, 2.75) is 24.4 Å². The van der Waals surface area contributed by atoms with Crippen molar-refractivity contribution in [2.24, 2.45) is 0 Å². The van der Waals surface area contributed by atoms with Crippen molar-refractivity contribution in [3.8, 4) is 11.5 Å². The standard InChI is InChI=1S/C19H22N4O3S/c1-12-17(20-9-13-10-23(6-7-24-2)26-18(12)13)11-27-19-21-15-5-4-14(25-3)8-16(15)22-19/h4-5,8-9H,6-7,10-11H2,1-3H3,(H,21,22). The number of fused-ring (bicyclic) bond motifs is 2. The Labute approximate surface area is 162 Å². The van der Waals surface area contributed by atoms with Crippen LogP contribution in [0, 0.1) is 6.92 Å². The molecule has 0 radical (unpaired) electrons. The van der Waals surface area contributed by atoms with E-state index in [-0.39, 0.29) is 0 Å². The van der Waals surface area contributed by atoms with Gasteiger partial charge in [-0.1, -0.05) is 11.8 Å². The van der Waals surface area contributed by atoms with Crippen molar-refractivity contribution in [3.63, 3.8) is 0 Å². The predicted octanol–water partition coefficient (Wildman–Crippen LogP) is 3.32. The van der Waals surface area contributed by atoms with E-state index >= 15 is 0 Å². The highest BCUT2D eigenvalue weighted by molar-refractivity contribution is 7.98. The number of H-pyrrole nitrogens is 1. The molecular weight excluding hydrogens is 364 g/mol. The number of aromatic nitrogens is 3. The van der Waals surface area contributed by atoms with Crippen LogP contribution < -0.4 is 9.57 Å². The number of hydrogen-bond donors (Lipinski definition) is 1. The molecule has 0 unspecified atom stereocenters. The quantitative estimate of drug-likeness (QED) is 0.625. The highest BCUT2D eigenvalue weighted by Crippen LogP contribution is 2.34. The summed E-state index contributed by atoms with van der Waals surface area (Å²) in [6, 6.07) is 5.82. The van der Waals surface area contributed by atoms with Gasteiger partial charge in [0.1, 0.15) is 5.75 Å². The summed E-state index contributed by atoms with van der Waals surface area (Å²) in [7, 11) is 3.35. The van der Waals surface area contributed by atoms with Crippen LogP contribution in [-0.4, -0.2) is 47.4 Å². The molecule has 2 aromatic heterocycles. The summed E-state index contributed by atoms with van der Waals surface area (Å²) in [4.78, 5) is 18.6. The third kappa shape index (κ3) is 3.73. The second kappa shape index (κ2) is 7.75. The summed E-state index contributed by atoms with van der Waals surface area (Å²) in [5.74, 6) is 2.46. The van der Waals surface area contributed by atoms with Gasteiger partial charge in [0.15, 0.2) is 10.9 Å². The zero-order valence-electron chi connectivity index (χ0n) is 15.6. The van der Waals surface area contributed by atoms with Gasteiger partial charge >= 0.3 is 0 Å². The number of pyridine rings is 1. The van der Waals surface area contributed by atoms with Crippen molar-refractivity contribution in [1.29, 1.82) is 0 Å². The molecule has 0 amide bonds. The van der Waals surface area contributed by atoms with Gasteiger partial charge in [0, 0.05) is 36.3 Å². The molecule has 0 bridgehead atoms. The summed E-state index contributed by atoms with van der Waals surface area (Å²) in [5, 5.41) is 2.77. The minimum atomic E-state index is 0.639. The van der Waals surface area contributed by atoms with Crippen LogP contribution in [0.15, 0.2) is 29.6 Å². The Kier molecular flexibility index (Phi) is 5.20. The molecule has 1 N–H and O–H groups in total. The van der Waals surface area contributed by atoms with Crippen molar-refractivity contribution in [1.82, 2.24) is 20.0 Å². The molecule has 1 aliphatic rings. The number of methoxy groups -OCH3 is 2. The van der Waals surface area contributed by atoms with E-state index in [2.05, 4.69) is 21.9 Å². The van der Waals surface area contributed by atoms with Crippen molar-refractivity contribution >= 4 is 22.8 Å². The fourth-order valence-electron chi connectivity index (χ4n) is 3.03. The van der Waals surface area contributed by atoms with Crippen LogP contribution in [0.2, 0.25) is 0 Å². The third-order valence-corrected chi connectivity index (χ3v) is 5.45. The van der Waals surface area contributed by atoms with E-state index in [1.165, 1.54) is 0 Å². The second-order valence-electron chi connectivity index (χ2n) is 6.35. The maximum Gasteiger partial charge on any atom is 0.166 e. The summed E-state index contributed by atoms with van der Waals surface area (Å²) >= 11 is 1.63. The second-order valence-corrected chi connectivity index (χ2v) is 7.31. The molecule has 142 valence electrons. The Balaban J connectivity index is 1.46. The van der Waals surface area contributed by atoms with Crippen LogP contribution in [-0.2, 0) is 17.0 Å². The van der Waals surface area contributed by atoms with E-state index in [1.54, 1.807) is 26.0 Å². The molecule has 0 saturated heterocycles. The number of nitrogens with zero attached hydrogens (tertiary/aromatic N) is 3. The molecule has 1 aliphatic heterocycles. The van der Waals surface area contributed by atoms with E-state index in [9.17, 15) is 0 Å². The normalized spacial score (nSPS) is 13.7. The van der Waals surface area contributed by atoms with Crippen molar-refractivity contribution < 1.29 is 14.3 Å². The van der Waals surface area contributed by atoms with Gasteiger partial charge in [0.25, 0.3) is 0 Å². The van der Waals surface area contributed by atoms with E-state index in [0.29, 0.717) is 6.61 Å². The van der Waals surface area contributed by atoms with Crippen LogP contribution in [0.3, 0.4) is 0 Å². The average Bonchev–Trinajstić information content (AvgIpc) is 3.29. The number of benzene rings is 1. The molecule has 1 aromatic carbocycles. The van der Waals surface area contributed by atoms with Gasteiger partial charge in [0.2, 0.25) is 0 Å². The topological polar surface area (TPSA) is 72.5 Å². The van der Waals surface area contributed by atoms with Crippen molar-refractivity contribution in [2.75, 3.05) is 27.4 Å². The SMILES string of the molecule is COCCN1Cc2cnc(CSc3nc4ccc(OC)cc4[nH]3)c(C)c2O1. The summed E-state index contributed by atoms with van der Waals surface area (Å²) < 4.78 is 10.4. The summed E-state index contributed by atoms with van der Waals surface area (Å²) in [5.41, 5.74) is 5.10. The average molecular weight is 386 g/mol. The van der Waals surface area contributed by atoms with E-state index in [4.69, 9.17) is 14.3 Å². The van der Waals surface area contributed by atoms with Gasteiger partial charge in [-0.2, -0.15) is 0 Å². The predicted molar refractivity (Wildman–Crippen MR) is 104 cm³/mol. The number of imidazole rings is 1. The van der Waals surface area contributed by atoms with Gasteiger partial charge in [-0.25, -0.2) is 4.98 Å². The Morgan fingerprint density at radius 3 is 3.04 bits per heavy atom. The molecule has 3 heterocycles. The number of aromatic amines is 1. The lowest BCUT2D eigenvalue weighted by Gasteiger charge is -2.14. The first-order valence-corrected chi connectivity index (χ1v) is 9.72. The number of nitrogens with one attached hydrogen (secondary N) is 1. The lowest BCUT2D eigenvalue weighted by atomic mass is 10.1. The molecule has 27 heavy (non-hydrogen) atoms. The van der Waals surface area contributed by atoms with Gasteiger partial charge in [-0.05, 0) is 19.1 Å². The minimum absolute atomic E-state index is 0.639. The number of hydroxylamine groups is 2. The molecule has 0 atom stereocenters. The Hall–Kier alpha value is -2.29. The van der Waals surface area contributed by atoms with Crippen LogP contribution in [0.1, 0.15) is 16.8 Å². The Morgan fingerprint density at radius 2 is 2.22 bits per heavy atom. The van der Waals surface area contributed by atoms with Gasteiger partial charge < -0.3 is 19.3 Å². The lowest BCUT2D eigenvalue weighted by Crippen LogP contribution is -2.25. The molecule has 0 fully saturated rings. The molecule has 3 aromatic rings. The largest absolute Gasteiger partial charge is 0.497 e.